The Hall–Kier alpha value is -1.46. The molecule has 0 amide bonds. The van der Waals surface area contributed by atoms with Crippen LogP contribution in [0.3, 0.4) is 0 Å². The van der Waals surface area contributed by atoms with Crippen molar-refractivity contribution in [2.75, 3.05) is 6.61 Å². The number of ether oxygens (including phenoxy) is 1. The van der Waals surface area contributed by atoms with E-state index in [2.05, 4.69) is 6.58 Å². The monoisotopic (exact) mass is 292 g/mol. The Labute approximate surface area is 123 Å². The van der Waals surface area contributed by atoms with E-state index in [-0.39, 0.29) is 23.2 Å². The van der Waals surface area contributed by atoms with Gasteiger partial charge in [-0.1, -0.05) is 13.5 Å². The lowest BCUT2D eigenvalue weighted by atomic mass is 9.64. The summed E-state index contributed by atoms with van der Waals surface area (Å²) in [4.78, 5) is 24.6. The maximum absolute atomic E-state index is 12.7. The molecule has 2 aliphatic carbocycles. The number of hydrogen-bond acceptors (Lipinski definition) is 5. The molecule has 0 radical (unpaired) electrons. The molecule has 5 unspecified atom stereocenters. The molecule has 2 fully saturated rings. The second-order valence-corrected chi connectivity index (χ2v) is 6.62. The molecule has 3 aliphatic rings. The number of carbonyl (C=O) groups is 2. The number of aliphatic hydroxyl groups excluding tert-OH is 1. The number of esters is 1. The minimum Gasteiger partial charge on any atom is -0.457 e. The van der Waals surface area contributed by atoms with Gasteiger partial charge in [0, 0.05) is 17.1 Å². The number of fused-ring (bicyclic) bond motifs is 3. The van der Waals surface area contributed by atoms with Crippen LogP contribution in [0, 0.1) is 17.3 Å². The Morgan fingerprint density at radius 2 is 2.10 bits per heavy atom. The summed E-state index contributed by atoms with van der Waals surface area (Å²) in [6.45, 7) is 6.89. The molecule has 2 N–H and O–H groups in total. The van der Waals surface area contributed by atoms with Crippen molar-refractivity contribution in [2.24, 2.45) is 17.3 Å². The molecule has 0 aromatic rings. The van der Waals surface area contributed by atoms with E-state index in [1.54, 1.807) is 6.92 Å². The van der Waals surface area contributed by atoms with Crippen LogP contribution in [0.15, 0.2) is 23.8 Å². The lowest BCUT2D eigenvalue weighted by molar-refractivity contribution is -0.166. The summed E-state index contributed by atoms with van der Waals surface area (Å²) in [5.74, 6) is -1.26. The number of Topliss-reactive ketones (excluding diaryl/α,β-unsaturated/α-hetero) is 1. The predicted molar refractivity (Wildman–Crippen MR) is 74.1 cm³/mol. The van der Waals surface area contributed by atoms with Crippen molar-refractivity contribution in [1.29, 1.82) is 0 Å². The Kier molecular flexibility index (Phi) is 2.94. The molecule has 21 heavy (non-hydrogen) atoms. The largest absolute Gasteiger partial charge is 0.457 e. The molecular weight excluding hydrogens is 272 g/mol. The van der Waals surface area contributed by atoms with E-state index < -0.39 is 29.7 Å². The van der Waals surface area contributed by atoms with Crippen molar-refractivity contribution in [1.82, 2.24) is 0 Å². The minimum absolute atomic E-state index is 0.174. The summed E-state index contributed by atoms with van der Waals surface area (Å²) < 4.78 is 5.42. The standard InChI is InChI=1S/C16H20O5/c1-8-4-5-11-9(2)14(19)21-13(11)15(3)12(18)10(7-17)6-16(8,15)20/h6,8,11,13,17,20H,2,4-5,7H2,1,3H3. The quantitative estimate of drug-likeness (QED) is 0.550. The third-order valence-corrected chi connectivity index (χ3v) is 5.70. The van der Waals surface area contributed by atoms with Gasteiger partial charge in [-0.05, 0) is 31.8 Å². The number of hydrogen-bond donors (Lipinski definition) is 2. The van der Waals surface area contributed by atoms with Crippen molar-refractivity contribution in [3.8, 4) is 0 Å². The van der Waals surface area contributed by atoms with E-state index in [0.717, 1.165) is 0 Å². The van der Waals surface area contributed by atoms with Crippen LogP contribution in [0.2, 0.25) is 0 Å². The Morgan fingerprint density at radius 1 is 1.43 bits per heavy atom. The number of aliphatic hydroxyl groups is 2. The normalized spacial score (nSPS) is 45.8. The number of rotatable bonds is 1. The first-order chi connectivity index (χ1) is 9.77. The van der Waals surface area contributed by atoms with Crippen molar-refractivity contribution in [3.05, 3.63) is 23.8 Å². The van der Waals surface area contributed by atoms with E-state index in [1.165, 1.54) is 6.08 Å². The molecule has 114 valence electrons. The first-order valence-electron chi connectivity index (χ1n) is 7.27. The maximum atomic E-state index is 12.7. The molecule has 1 saturated carbocycles. The van der Waals surface area contributed by atoms with Crippen molar-refractivity contribution < 1.29 is 24.5 Å². The highest BCUT2D eigenvalue weighted by Gasteiger charge is 2.68. The van der Waals surface area contributed by atoms with Crippen LogP contribution in [0.25, 0.3) is 0 Å². The van der Waals surface area contributed by atoms with Gasteiger partial charge in [0.05, 0.1) is 6.61 Å². The second kappa shape index (κ2) is 4.27. The van der Waals surface area contributed by atoms with Gasteiger partial charge in [0.1, 0.15) is 17.1 Å². The van der Waals surface area contributed by atoms with Gasteiger partial charge >= 0.3 is 5.97 Å². The maximum Gasteiger partial charge on any atom is 0.334 e. The average molecular weight is 292 g/mol. The van der Waals surface area contributed by atoms with Gasteiger partial charge in [-0.2, -0.15) is 0 Å². The van der Waals surface area contributed by atoms with Gasteiger partial charge in [0.2, 0.25) is 0 Å². The highest BCUT2D eigenvalue weighted by atomic mass is 16.6. The average Bonchev–Trinajstić information content (AvgIpc) is 2.82. The molecule has 0 spiro atoms. The molecule has 1 aliphatic heterocycles. The van der Waals surface area contributed by atoms with E-state index in [1.807, 2.05) is 6.92 Å². The van der Waals surface area contributed by atoms with Crippen LogP contribution >= 0.6 is 0 Å². The fourth-order valence-electron chi connectivity index (χ4n) is 4.23. The summed E-state index contributed by atoms with van der Waals surface area (Å²) in [5, 5.41) is 20.6. The smallest absolute Gasteiger partial charge is 0.334 e. The number of ketones is 1. The van der Waals surface area contributed by atoms with Gasteiger partial charge in [0.25, 0.3) is 0 Å². The lowest BCUT2D eigenvalue weighted by Crippen LogP contribution is -2.56. The van der Waals surface area contributed by atoms with Gasteiger partial charge < -0.3 is 14.9 Å². The molecule has 0 aromatic heterocycles. The summed E-state index contributed by atoms with van der Waals surface area (Å²) in [6.07, 6.45) is 2.06. The zero-order valence-corrected chi connectivity index (χ0v) is 12.3. The highest BCUT2D eigenvalue weighted by molar-refractivity contribution is 6.05. The first kappa shape index (κ1) is 14.5. The fourth-order valence-corrected chi connectivity index (χ4v) is 4.23. The van der Waals surface area contributed by atoms with Crippen LogP contribution in [-0.2, 0) is 14.3 Å². The second-order valence-electron chi connectivity index (χ2n) is 6.62. The third-order valence-electron chi connectivity index (χ3n) is 5.70. The minimum atomic E-state index is -1.41. The van der Waals surface area contributed by atoms with Crippen molar-refractivity contribution in [2.45, 2.75) is 38.4 Å². The summed E-state index contributed by atoms with van der Waals surface area (Å²) in [6, 6.07) is 0. The van der Waals surface area contributed by atoms with E-state index in [9.17, 15) is 19.8 Å². The summed E-state index contributed by atoms with van der Waals surface area (Å²) in [7, 11) is 0. The molecule has 0 bridgehead atoms. The molecule has 1 heterocycles. The van der Waals surface area contributed by atoms with Crippen LogP contribution in [0.5, 0.6) is 0 Å². The molecule has 5 nitrogen and oxygen atoms in total. The van der Waals surface area contributed by atoms with E-state index in [4.69, 9.17) is 4.74 Å². The third kappa shape index (κ3) is 1.53. The van der Waals surface area contributed by atoms with Gasteiger partial charge in [-0.3, -0.25) is 4.79 Å². The van der Waals surface area contributed by atoms with E-state index in [0.29, 0.717) is 18.4 Å². The lowest BCUT2D eigenvalue weighted by Gasteiger charge is -2.43. The predicted octanol–water partition coefficient (Wildman–Crippen LogP) is 0.753. The molecule has 3 rings (SSSR count). The fraction of sp³-hybridized carbons (Fsp3) is 0.625. The van der Waals surface area contributed by atoms with Crippen LogP contribution in [-0.4, -0.2) is 40.3 Å². The Balaban J connectivity index is 2.17. The van der Waals surface area contributed by atoms with E-state index >= 15 is 0 Å². The molecule has 1 saturated heterocycles. The zero-order valence-electron chi connectivity index (χ0n) is 12.3. The SMILES string of the molecule is C=C1C(=O)OC2C1CCC(C)C1(O)C=C(CO)C(=O)C21C. The van der Waals surface area contributed by atoms with Crippen molar-refractivity contribution >= 4 is 11.8 Å². The number of carbonyl (C=O) groups excluding carboxylic acids is 2. The zero-order chi connectivity index (χ0) is 15.6. The summed E-state index contributed by atoms with van der Waals surface area (Å²) >= 11 is 0. The first-order valence-corrected chi connectivity index (χ1v) is 7.27. The molecular formula is C16H20O5. The van der Waals surface area contributed by atoms with Crippen LogP contribution < -0.4 is 0 Å². The Bertz CT molecular complexity index is 577. The van der Waals surface area contributed by atoms with Gasteiger partial charge in [-0.15, -0.1) is 0 Å². The van der Waals surface area contributed by atoms with Crippen LogP contribution in [0.4, 0.5) is 0 Å². The van der Waals surface area contributed by atoms with Crippen molar-refractivity contribution in [3.63, 3.8) is 0 Å². The Morgan fingerprint density at radius 3 is 2.71 bits per heavy atom. The van der Waals surface area contributed by atoms with Crippen LogP contribution in [0.1, 0.15) is 26.7 Å². The molecule has 5 heteroatoms. The topological polar surface area (TPSA) is 83.8 Å². The van der Waals surface area contributed by atoms with Gasteiger partial charge in [-0.25, -0.2) is 4.79 Å². The van der Waals surface area contributed by atoms with Gasteiger partial charge in [0.15, 0.2) is 5.78 Å². The highest BCUT2D eigenvalue weighted by Crippen LogP contribution is 2.57. The molecule has 5 atom stereocenters. The molecule has 0 aromatic carbocycles. The summed E-state index contributed by atoms with van der Waals surface area (Å²) in [5.41, 5.74) is -2.10.